The fourth-order valence-electron chi connectivity index (χ4n) is 4.99. The lowest BCUT2D eigenvalue weighted by Gasteiger charge is -2.46. The summed E-state index contributed by atoms with van der Waals surface area (Å²) >= 11 is 0. The number of benzene rings is 1. The van der Waals surface area contributed by atoms with Crippen LogP contribution in [0.3, 0.4) is 0 Å². The number of aromatic nitrogens is 3. The quantitative estimate of drug-likeness (QED) is 0.561. The predicted octanol–water partition coefficient (Wildman–Crippen LogP) is 3.42. The van der Waals surface area contributed by atoms with Crippen molar-refractivity contribution in [3.63, 3.8) is 0 Å². The molecular formula is C26H28N6O2. The van der Waals surface area contributed by atoms with Crippen molar-refractivity contribution in [3.05, 3.63) is 60.0 Å². The van der Waals surface area contributed by atoms with Gasteiger partial charge in [-0.25, -0.2) is 4.98 Å². The molecule has 34 heavy (non-hydrogen) atoms. The van der Waals surface area contributed by atoms with Gasteiger partial charge in [0.1, 0.15) is 18.5 Å². The van der Waals surface area contributed by atoms with Crippen molar-refractivity contribution in [2.75, 3.05) is 24.6 Å². The molecule has 0 spiro atoms. The number of para-hydroxylation sites is 1. The van der Waals surface area contributed by atoms with Gasteiger partial charge in [-0.05, 0) is 44.4 Å². The number of rotatable bonds is 6. The molecular weight excluding hydrogens is 428 g/mol. The lowest BCUT2D eigenvalue weighted by atomic mass is 10.0. The first-order valence-electron chi connectivity index (χ1n) is 11.8. The summed E-state index contributed by atoms with van der Waals surface area (Å²) in [5.41, 5.74) is 2.80. The SMILES string of the molecule is CCC1CN(C(=O)COC2(c3cccc4nccnc34)CC2)CC(C)N1c1ccc(C#N)cn1. The van der Waals surface area contributed by atoms with Crippen molar-refractivity contribution < 1.29 is 9.53 Å². The van der Waals surface area contributed by atoms with Gasteiger partial charge in [0.2, 0.25) is 5.91 Å². The Morgan fingerprint density at radius 1 is 1.18 bits per heavy atom. The van der Waals surface area contributed by atoms with E-state index >= 15 is 0 Å². The molecule has 1 aliphatic heterocycles. The van der Waals surface area contributed by atoms with Crippen molar-refractivity contribution in [1.29, 1.82) is 5.26 Å². The van der Waals surface area contributed by atoms with Gasteiger partial charge in [-0.3, -0.25) is 14.8 Å². The summed E-state index contributed by atoms with van der Waals surface area (Å²) < 4.78 is 6.28. The number of fused-ring (bicyclic) bond motifs is 1. The number of pyridine rings is 1. The van der Waals surface area contributed by atoms with E-state index in [9.17, 15) is 4.79 Å². The Morgan fingerprint density at radius 2 is 2.00 bits per heavy atom. The van der Waals surface area contributed by atoms with Gasteiger partial charge in [-0.1, -0.05) is 19.1 Å². The Bertz CT molecular complexity index is 1230. The molecule has 1 aromatic carbocycles. The minimum atomic E-state index is -0.449. The van der Waals surface area contributed by atoms with Gasteiger partial charge in [-0.15, -0.1) is 0 Å². The third kappa shape index (κ3) is 4.08. The largest absolute Gasteiger partial charge is 0.360 e. The Hall–Kier alpha value is -3.57. The van der Waals surface area contributed by atoms with Crippen molar-refractivity contribution in [2.45, 2.75) is 50.8 Å². The number of anilines is 1. The molecule has 1 saturated heterocycles. The summed E-state index contributed by atoms with van der Waals surface area (Å²) in [6.07, 6.45) is 7.63. The van der Waals surface area contributed by atoms with Gasteiger partial charge in [0, 0.05) is 49.3 Å². The first kappa shape index (κ1) is 22.2. The van der Waals surface area contributed by atoms with Crippen LogP contribution in [0.15, 0.2) is 48.9 Å². The third-order valence-electron chi connectivity index (χ3n) is 6.92. The topological polar surface area (TPSA) is 95.2 Å². The molecule has 0 N–H and O–H groups in total. The zero-order valence-electron chi connectivity index (χ0n) is 19.5. The van der Waals surface area contributed by atoms with Crippen LogP contribution in [0.4, 0.5) is 5.82 Å². The second-order valence-corrected chi connectivity index (χ2v) is 9.15. The first-order chi connectivity index (χ1) is 16.5. The van der Waals surface area contributed by atoms with E-state index in [1.807, 2.05) is 29.2 Å². The molecule has 3 aromatic rings. The average Bonchev–Trinajstić information content (AvgIpc) is 3.67. The molecule has 2 aliphatic rings. The molecule has 0 radical (unpaired) electrons. The van der Waals surface area contributed by atoms with Gasteiger partial charge in [0.05, 0.1) is 22.2 Å². The fourth-order valence-corrected chi connectivity index (χ4v) is 4.99. The summed E-state index contributed by atoms with van der Waals surface area (Å²) in [5, 5.41) is 9.06. The zero-order valence-corrected chi connectivity index (χ0v) is 19.5. The van der Waals surface area contributed by atoms with Crippen LogP contribution < -0.4 is 4.90 Å². The summed E-state index contributed by atoms with van der Waals surface area (Å²) in [4.78, 5) is 30.8. The Morgan fingerprint density at radius 3 is 2.71 bits per heavy atom. The third-order valence-corrected chi connectivity index (χ3v) is 6.92. The molecule has 5 rings (SSSR count). The fraction of sp³-hybridized carbons (Fsp3) is 0.423. The van der Waals surface area contributed by atoms with Gasteiger partial charge < -0.3 is 14.5 Å². The van der Waals surface area contributed by atoms with E-state index in [0.717, 1.165) is 41.7 Å². The van der Waals surface area contributed by atoms with Crippen molar-refractivity contribution in [1.82, 2.24) is 19.9 Å². The van der Waals surface area contributed by atoms with Crippen molar-refractivity contribution in [3.8, 4) is 6.07 Å². The van der Waals surface area contributed by atoms with Crippen LogP contribution in [0.5, 0.6) is 0 Å². The van der Waals surface area contributed by atoms with Crippen molar-refractivity contribution >= 4 is 22.8 Å². The molecule has 8 nitrogen and oxygen atoms in total. The van der Waals surface area contributed by atoms with E-state index in [-0.39, 0.29) is 24.6 Å². The molecule has 1 amide bonds. The predicted molar refractivity (Wildman–Crippen MR) is 128 cm³/mol. The number of piperazine rings is 1. The lowest BCUT2D eigenvalue weighted by Crippen LogP contribution is -2.60. The lowest BCUT2D eigenvalue weighted by molar-refractivity contribution is -0.140. The number of amides is 1. The summed E-state index contributed by atoms with van der Waals surface area (Å²) in [5.74, 6) is 0.853. The molecule has 1 saturated carbocycles. The number of carbonyl (C=O) groups excluding carboxylic acids is 1. The van der Waals surface area contributed by atoms with E-state index in [1.165, 1.54) is 0 Å². The molecule has 3 heterocycles. The highest BCUT2D eigenvalue weighted by molar-refractivity contribution is 5.80. The molecule has 0 bridgehead atoms. The van der Waals surface area contributed by atoms with Crippen LogP contribution in [0.1, 0.15) is 44.2 Å². The number of ether oxygens (including phenoxy) is 1. The first-order valence-corrected chi connectivity index (χ1v) is 11.8. The second-order valence-electron chi connectivity index (χ2n) is 9.15. The Balaban J connectivity index is 1.27. The van der Waals surface area contributed by atoms with Crippen LogP contribution in [-0.4, -0.2) is 57.5 Å². The minimum Gasteiger partial charge on any atom is -0.360 e. The maximum atomic E-state index is 13.2. The average molecular weight is 457 g/mol. The maximum Gasteiger partial charge on any atom is 0.248 e. The van der Waals surface area contributed by atoms with Crippen LogP contribution in [0.25, 0.3) is 11.0 Å². The smallest absolute Gasteiger partial charge is 0.248 e. The highest BCUT2D eigenvalue weighted by atomic mass is 16.5. The van der Waals surface area contributed by atoms with Crippen molar-refractivity contribution in [2.24, 2.45) is 0 Å². The summed E-state index contributed by atoms with van der Waals surface area (Å²) in [6, 6.07) is 12.0. The van der Waals surface area contributed by atoms with E-state index < -0.39 is 5.60 Å². The van der Waals surface area contributed by atoms with Crippen LogP contribution in [0.2, 0.25) is 0 Å². The van der Waals surface area contributed by atoms with Crippen LogP contribution >= 0.6 is 0 Å². The molecule has 1 aliphatic carbocycles. The van der Waals surface area contributed by atoms with E-state index in [2.05, 4.69) is 39.8 Å². The monoisotopic (exact) mass is 456 g/mol. The van der Waals surface area contributed by atoms with Gasteiger partial charge in [0.15, 0.2) is 0 Å². The molecule has 2 unspecified atom stereocenters. The van der Waals surface area contributed by atoms with Gasteiger partial charge in [-0.2, -0.15) is 5.26 Å². The number of nitrogens with zero attached hydrogens (tertiary/aromatic N) is 6. The number of hydrogen-bond acceptors (Lipinski definition) is 7. The number of nitriles is 1. The van der Waals surface area contributed by atoms with E-state index in [1.54, 1.807) is 24.7 Å². The van der Waals surface area contributed by atoms with Crippen LogP contribution in [0, 0.1) is 11.3 Å². The maximum absolute atomic E-state index is 13.2. The minimum absolute atomic E-state index is 0.00957. The zero-order chi connectivity index (χ0) is 23.7. The standard InChI is InChI=1S/C26H28N6O2/c1-3-20-16-31(15-18(2)32(20)23-8-7-19(13-27)14-30-23)24(33)17-34-26(9-10-26)21-5-4-6-22-25(21)29-12-11-28-22/h4-8,11-12,14,18,20H,3,9-10,15-17H2,1-2H3. The molecule has 174 valence electrons. The molecule has 2 aromatic heterocycles. The molecule has 2 fully saturated rings. The second kappa shape index (κ2) is 8.99. The van der Waals surface area contributed by atoms with Gasteiger partial charge in [0.25, 0.3) is 0 Å². The van der Waals surface area contributed by atoms with E-state index in [0.29, 0.717) is 18.7 Å². The number of carbonyl (C=O) groups is 1. The Labute approximate surface area is 199 Å². The summed E-state index contributed by atoms with van der Waals surface area (Å²) in [6.45, 7) is 5.51. The Kier molecular flexibility index (Phi) is 5.88. The highest BCUT2D eigenvalue weighted by Gasteiger charge is 2.48. The van der Waals surface area contributed by atoms with E-state index in [4.69, 9.17) is 10.00 Å². The molecule has 8 heteroatoms. The highest BCUT2D eigenvalue weighted by Crippen LogP contribution is 2.50. The summed E-state index contributed by atoms with van der Waals surface area (Å²) in [7, 11) is 0. The van der Waals surface area contributed by atoms with Gasteiger partial charge >= 0.3 is 0 Å². The molecule has 2 atom stereocenters. The van der Waals surface area contributed by atoms with Crippen LogP contribution in [-0.2, 0) is 15.1 Å². The normalized spacial score (nSPS) is 21.3. The number of hydrogen-bond donors (Lipinski definition) is 0.